The molecule has 2 N–H and O–H groups in total. The van der Waals surface area contributed by atoms with Crippen molar-refractivity contribution in [2.75, 3.05) is 0 Å². The van der Waals surface area contributed by atoms with E-state index in [4.69, 9.17) is 5.11 Å². The molecule has 0 aliphatic carbocycles. The molecule has 1 aromatic rings. The number of carboxylic acids is 1. The fourth-order valence-corrected chi connectivity index (χ4v) is 1.88. The first-order chi connectivity index (χ1) is 7.50. The predicted molar refractivity (Wildman–Crippen MR) is 59.1 cm³/mol. The second kappa shape index (κ2) is 5.62. The van der Waals surface area contributed by atoms with Crippen LogP contribution in [0.1, 0.15) is 17.4 Å². The maximum atomic E-state index is 11.4. The van der Waals surface area contributed by atoms with Gasteiger partial charge in [-0.3, -0.25) is 9.63 Å². The number of aliphatic carboxylic acids is 1. The van der Waals surface area contributed by atoms with E-state index in [9.17, 15) is 9.59 Å². The average Bonchev–Trinajstić information content (AvgIpc) is 2.60. The van der Waals surface area contributed by atoms with E-state index in [0.29, 0.717) is 0 Å². The summed E-state index contributed by atoms with van der Waals surface area (Å²) in [4.78, 5) is 27.4. The largest absolute Gasteiger partial charge is 0.479 e. The average molecular weight is 243 g/mol. The monoisotopic (exact) mass is 243 g/mol. The quantitative estimate of drug-likeness (QED) is 0.760. The van der Waals surface area contributed by atoms with Crippen LogP contribution in [0.15, 0.2) is 11.4 Å². The number of hydrogen-bond acceptors (Lipinski definition) is 4. The zero-order chi connectivity index (χ0) is 12.1. The van der Waals surface area contributed by atoms with Crippen molar-refractivity contribution in [2.24, 2.45) is 0 Å². The molecule has 0 radical (unpaired) electrons. The number of aryl methyl sites for hydroxylation is 1. The number of amides is 1. The van der Waals surface area contributed by atoms with E-state index in [1.807, 2.05) is 18.4 Å². The molecule has 6 heteroatoms. The first kappa shape index (κ1) is 12.7. The van der Waals surface area contributed by atoms with Crippen molar-refractivity contribution in [3.05, 3.63) is 21.9 Å². The molecule has 0 saturated heterocycles. The molecule has 1 aromatic heterocycles. The van der Waals surface area contributed by atoms with E-state index in [1.54, 1.807) is 0 Å². The Morgan fingerprint density at radius 3 is 2.81 bits per heavy atom. The lowest BCUT2D eigenvalue weighted by Gasteiger charge is -2.08. The highest BCUT2D eigenvalue weighted by molar-refractivity contribution is 7.10. The van der Waals surface area contributed by atoms with Gasteiger partial charge in [0.15, 0.2) is 6.10 Å². The highest BCUT2D eigenvalue weighted by Crippen LogP contribution is 2.15. The minimum absolute atomic E-state index is 0.204. The van der Waals surface area contributed by atoms with Gasteiger partial charge < -0.3 is 5.11 Å². The molecule has 0 aromatic carbocycles. The number of hydrogen-bond donors (Lipinski definition) is 2. The maximum Gasteiger partial charge on any atom is 0.335 e. The first-order valence-corrected chi connectivity index (χ1v) is 5.59. The minimum atomic E-state index is -1.12. The van der Waals surface area contributed by atoms with Crippen molar-refractivity contribution in [3.8, 4) is 0 Å². The number of rotatable bonds is 5. The molecule has 1 unspecified atom stereocenters. The second-order valence-corrected chi connectivity index (χ2v) is 4.33. The van der Waals surface area contributed by atoms with Gasteiger partial charge in [0.05, 0.1) is 6.42 Å². The van der Waals surface area contributed by atoms with Crippen LogP contribution in [0.5, 0.6) is 0 Å². The molecular weight excluding hydrogens is 230 g/mol. The van der Waals surface area contributed by atoms with Crippen LogP contribution in [-0.4, -0.2) is 23.1 Å². The summed E-state index contributed by atoms with van der Waals surface area (Å²) < 4.78 is 0. The summed E-state index contributed by atoms with van der Waals surface area (Å²) in [7, 11) is 0. The van der Waals surface area contributed by atoms with Crippen LogP contribution < -0.4 is 5.48 Å². The third kappa shape index (κ3) is 3.63. The predicted octanol–water partition coefficient (Wildman–Crippen LogP) is 1.12. The molecule has 1 heterocycles. The van der Waals surface area contributed by atoms with Crippen LogP contribution in [0.4, 0.5) is 0 Å². The Morgan fingerprint density at radius 1 is 1.62 bits per heavy atom. The molecule has 88 valence electrons. The third-order valence-electron chi connectivity index (χ3n) is 1.99. The molecule has 1 amide bonds. The number of thiophene rings is 1. The van der Waals surface area contributed by atoms with E-state index in [0.717, 1.165) is 10.4 Å². The highest BCUT2D eigenvalue weighted by atomic mass is 32.1. The maximum absolute atomic E-state index is 11.4. The van der Waals surface area contributed by atoms with E-state index < -0.39 is 12.1 Å². The summed E-state index contributed by atoms with van der Waals surface area (Å²) in [6, 6.07) is 1.92. The Labute approximate surface area is 97.0 Å². The number of hydroxylamine groups is 1. The van der Waals surface area contributed by atoms with E-state index in [1.165, 1.54) is 18.3 Å². The summed E-state index contributed by atoms with van der Waals surface area (Å²) in [6.07, 6.45) is -0.844. The molecule has 0 aliphatic heterocycles. The van der Waals surface area contributed by atoms with Gasteiger partial charge in [0.1, 0.15) is 0 Å². The molecule has 5 nitrogen and oxygen atoms in total. The van der Waals surface area contributed by atoms with Crippen molar-refractivity contribution in [2.45, 2.75) is 26.4 Å². The zero-order valence-electron chi connectivity index (χ0n) is 9.02. The van der Waals surface area contributed by atoms with Crippen LogP contribution in [0, 0.1) is 6.92 Å². The fraction of sp³-hybridized carbons (Fsp3) is 0.400. The number of carbonyl (C=O) groups is 2. The lowest BCUT2D eigenvalue weighted by molar-refractivity contribution is -0.158. The Kier molecular flexibility index (Phi) is 4.45. The Balaban J connectivity index is 2.37. The van der Waals surface area contributed by atoms with Gasteiger partial charge in [-0.15, -0.1) is 11.3 Å². The van der Waals surface area contributed by atoms with Crippen LogP contribution in [0.25, 0.3) is 0 Å². The second-order valence-electron chi connectivity index (χ2n) is 3.33. The molecule has 0 fully saturated rings. The van der Waals surface area contributed by atoms with Crippen molar-refractivity contribution in [3.63, 3.8) is 0 Å². The summed E-state index contributed by atoms with van der Waals surface area (Å²) in [5, 5.41) is 10.4. The molecule has 16 heavy (non-hydrogen) atoms. The number of carbonyl (C=O) groups excluding carboxylic acids is 1. The van der Waals surface area contributed by atoms with Gasteiger partial charge in [0.2, 0.25) is 5.91 Å². The summed E-state index contributed by atoms with van der Waals surface area (Å²) in [6.45, 7) is 3.26. The molecule has 0 spiro atoms. The summed E-state index contributed by atoms with van der Waals surface area (Å²) in [5.41, 5.74) is 3.16. The third-order valence-corrected chi connectivity index (χ3v) is 3.01. The summed E-state index contributed by atoms with van der Waals surface area (Å²) in [5.74, 6) is -1.47. The molecule has 1 atom stereocenters. The lowest BCUT2D eigenvalue weighted by Crippen LogP contribution is -2.33. The minimum Gasteiger partial charge on any atom is -0.479 e. The van der Waals surface area contributed by atoms with Gasteiger partial charge in [0, 0.05) is 4.88 Å². The normalized spacial score (nSPS) is 12.1. The Bertz CT molecular complexity index is 388. The van der Waals surface area contributed by atoms with Crippen molar-refractivity contribution >= 4 is 23.2 Å². The van der Waals surface area contributed by atoms with Crippen LogP contribution >= 0.6 is 11.3 Å². The standard InChI is InChI=1S/C10H13NO4S/c1-6-3-4-16-8(6)5-9(12)11-15-7(2)10(13)14/h3-4,7H,5H2,1-2H3,(H,11,12)(H,13,14). The lowest BCUT2D eigenvalue weighted by atomic mass is 10.2. The SMILES string of the molecule is Cc1ccsc1CC(=O)NOC(C)C(=O)O. The molecule has 0 saturated carbocycles. The Hall–Kier alpha value is -1.40. The van der Waals surface area contributed by atoms with E-state index in [-0.39, 0.29) is 12.3 Å². The topological polar surface area (TPSA) is 75.6 Å². The van der Waals surface area contributed by atoms with E-state index >= 15 is 0 Å². The summed E-state index contributed by atoms with van der Waals surface area (Å²) >= 11 is 1.49. The highest BCUT2D eigenvalue weighted by Gasteiger charge is 2.14. The van der Waals surface area contributed by atoms with Crippen molar-refractivity contribution < 1.29 is 19.5 Å². The molecule has 0 aliphatic rings. The van der Waals surface area contributed by atoms with Gasteiger partial charge >= 0.3 is 5.97 Å². The number of nitrogens with one attached hydrogen (secondary N) is 1. The van der Waals surface area contributed by atoms with Crippen molar-refractivity contribution in [1.82, 2.24) is 5.48 Å². The van der Waals surface area contributed by atoms with Crippen LogP contribution in [0.3, 0.4) is 0 Å². The molecular formula is C10H13NO4S. The zero-order valence-corrected chi connectivity index (χ0v) is 9.84. The molecule has 0 bridgehead atoms. The van der Waals surface area contributed by atoms with Gasteiger partial charge in [0.25, 0.3) is 0 Å². The van der Waals surface area contributed by atoms with Crippen LogP contribution in [-0.2, 0) is 20.8 Å². The van der Waals surface area contributed by atoms with Gasteiger partial charge in [-0.25, -0.2) is 10.3 Å². The van der Waals surface area contributed by atoms with Gasteiger partial charge in [-0.05, 0) is 30.9 Å². The van der Waals surface area contributed by atoms with Gasteiger partial charge in [-0.2, -0.15) is 0 Å². The molecule has 1 rings (SSSR count). The smallest absolute Gasteiger partial charge is 0.335 e. The first-order valence-electron chi connectivity index (χ1n) is 4.71. The number of carboxylic acid groups (broad SMARTS) is 1. The van der Waals surface area contributed by atoms with E-state index in [2.05, 4.69) is 10.3 Å². The van der Waals surface area contributed by atoms with Crippen LogP contribution in [0.2, 0.25) is 0 Å². The van der Waals surface area contributed by atoms with Gasteiger partial charge in [-0.1, -0.05) is 0 Å². The van der Waals surface area contributed by atoms with Crippen molar-refractivity contribution in [1.29, 1.82) is 0 Å². The fourth-order valence-electron chi connectivity index (χ4n) is 0.972. The Morgan fingerprint density at radius 2 is 2.31 bits per heavy atom.